The maximum atomic E-state index is 12.6. The summed E-state index contributed by atoms with van der Waals surface area (Å²) in [6, 6.07) is 10.5. The minimum Gasteiger partial charge on any atom is -0.383 e. The number of amides is 2. The lowest BCUT2D eigenvalue weighted by molar-refractivity contribution is 0.142. The summed E-state index contributed by atoms with van der Waals surface area (Å²) in [5, 5.41) is 3.20. The molecule has 1 saturated carbocycles. The van der Waals surface area contributed by atoms with E-state index in [2.05, 4.69) is 24.4 Å². The Morgan fingerprint density at radius 1 is 1.23 bits per heavy atom. The summed E-state index contributed by atoms with van der Waals surface area (Å²) in [5.74, 6) is 0.794. The quantitative estimate of drug-likeness (QED) is 0.875. The Hall–Kier alpha value is -1.55. The van der Waals surface area contributed by atoms with Crippen LogP contribution < -0.4 is 5.32 Å². The predicted molar refractivity (Wildman–Crippen MR) is 88.7 cm³/mol. The third kappa shape index (κ3) is 5.34. The van der Waals surface area contributed by atoms with E-state index in [4.69, 9.17) is 4.74 Å². The first-order chi connectivity index (χ1) is 10.7. The molecule has 0 heterocycles. The van der Waals surface area contributed by atoms with Crippen LogP contribution in [-0.2, 0) is 11.3 Å². The van der Waals surface area contributed by atoms with Gasteiger partial charge in [-0.05, 0) is 37.2 Å². The lowest BCUT2D eigenvalue weighted by Crippen LogP contribution is -2.46. The fourth-order valence-corrected chi connectivity index (χ4v) is 2.93. The molecular formula is C18H28N2O2. The first-order valence-corrected chi connectivity index (χ1v) is 8.27. The van der Waals surface area contributed by atoms with Crippen LogP contribution in [0.2, 0.25) is 0 Å². The summed E-state index contributed by atoms with van der Waals surface area (Å²) < 4.78 is 5.14. The maximum absolute atomic E-state index is 12.6. The minimum absolute atomic E-state index is 0.0282. The summed E-state index contributed by atoms with van der Waals surface area (Å²) in [4.78, 5) is 14.4. The molecule has 0 bridgehead atoms. The van der Waals surface area contributed by atoms with Crippen LogP contribution in [0.15, 0.2) is 30.3 Å². The van der Waals surface area contributed by atoms with Gasteiger partial charge in [-0.2, -0.15) is 0 Å². The van der Waals surface area contributed by atoms with Crippen molar-refractivity contribution in [2.75, 3.05) is 20.3 Å². The van der Waals surface area contributed by atoms with Crippen molar-refractivity contribution >= 4 is 6.03 Å². The molecule has 0 unspecified atom stereocenters. The number of rotatable bonds is 6. The van der Waals surface area contributed by atoms with Crippen molar-refractivity contribution in [1.29, 1.82) is 0 Å². The zero-order valence-corrected chi connectivity index (χ0v) is 13.8. The van der Waals surface area contributed by atoms with Crippen molar-refractivity contribution in [3.05, 3.63) is 35.9 Å². The molecule has 0 aliphatic heterocycles. The molecule has 0 spiro atoms. The van der Waals surface area contributed by atoms with Gasteiger partial charge in [0.25, 0.3) is 0 Å². The Balaban J connectivity index is 1.90. The topological polar surface area (TPSA) is 41.6 Å². The van der Waals surface area contributed by atoms with Crippen LogP contribution in [-0.4, -0.2) is 37.2 Å². The van der Waals surface area contributed by atoms with Gasteiger partial charge in [0.15, 0.2) is 0 Å². The number of nitrogens with zero attached hydrogens (tertiary/aromatic N) is 1. The molecule has 0 radical (unpaired) electrons. The molecule has 2 amide bonds. The van der Waals surface area contributed by atoms with Crippen molar-refractivity contribution in [2.45, 2.75) is 45.2 Å². The van der Waals surface area contributed by atoms with Crippen LogP contribution in [0.4, 0.5) is 4.79 Å². The van der Waals surface area contributed by atoms with E-state index >= 15 is 0 Å². The molecule has 1 aromatic carbocycles. The van der Waals surface area contributed by atoms with Crippen molar-refractivity contribution in [3.8, 4) is 0 Å². The number of carbonyl (C=O) groups excluding carboxylic acids is 1. The number of carbonyl (C=O) groups is 1. The number of hydrogen-bond acceptors (Lipinski definition) is 2. The first-order valence-electron chi connectivity index (χ1n) is 8.27. The van der Waals surface area contributed by atoms with Gasteiger partial charge in [0.1, 0.15) is 0 Å². The molecule has 122 valence electrons. The van der Waals surface area contributed by atoms with E-state index in [1.54, 1.807) is 7.11 Å². The highest BCUT2D eigenvalue weighted by Gasteiger charge is 2.22. The molecule has 0 atom stereocenters. The molecule has 1 N–H and O–H groups in total. The first kappa shape index (κ1) is 16.8. The van der Waals surface area contributed by atoms with Crippen molar-refractivity contribution in [2.24, 2.45) is 5.92 Å². The molecular weight excluding hydrogens is 276 g/mol. The van der Waals surface area contributed by atoms with Gasteiger partial charge >= 0.3 is 6.03 Å². The summed E-state index contributed by atoms with van der Waals surface area (Å²) in [6.07, 6.45) is 4.61. The maximum Gasteiger partial charge on any atom is 0.317 e. The van der Waals surface area contributed by atoms with Crippen LogP contribution in [0, 0.1) is 5.92 Å². The van der Waals surface area contributed by atoms with E-state index in [1.807, 2.05) is 23.1 Å². The van der Waals surface area contributed by atoms with Gasteiger partial charge in [-0.1, -0.05) is 37.3 Å². The molecule has 4 heteroatoms. The number of urea groups is 1. The van der Waals surface area contributed by atoms with Crippen LogP contribution in [0.3, 0.4) is 0 Å². The third-order valence-electron chi connectivity index (χ3n) is 4.41. The average Bonchev–Trinajstić information content (AvgIpc) is 2.54. The summed E-state index contributed by atoms with van der Waals surface area (Å²) >= 11 is 0. The average molecular weight is 304 g/mol. The number of hydrogen-bond donors (Lipinski definition) is 1. The van der Waals surface area contributed by atoms with Crippen LogP contribution in [0.1, 0.15) is 38.2 Å². The fraction of sp³-hybridized carbons (Fsp3) is 0.611. The van der Waals surface area contributed by atoms with E-state index in [0.29, 0.717) is 25.7 Å². The van der Waals surface area contributed by atoms with Gasteiger partial charge in [-0.25, -0.2) is 4.79 Å². The van der Waals surface area contributed by atoms with Crippen molar-refractivity contribution < 1.29 is 9.53 Å². The molecule has 1 fully saturated rings. The van der Waals surface area contributed by atoms with Gasteiger partial charge in [0.2, 0.25) is 0 Å². The molecule has 0 saturated heterocycles. The van der Waals surface area contributed by atoms with Gasteiger partial charge in [0.05, 0.1) is 6.61 Å². The van der Waals surface area contributed by atoms with E-state index in [-0.39, 0.29) is 6.03 Å². The Bertz CT molecular complexity index is 442. The van der Waals surface area contributed by atoms with Gasteiger partial charge in [0, 0.05) is 26.2 Å². The summed E-state index contributed by atoms with van der Waals surface area (Å²) in [7, 11) is 1.67. The second-order valence-corrected chi connectivity index (χ2v) is 6.31. The summed E-state index contributed by atoms with van der Waals surface area (Å²) in [6.45, 7) is 4.08. The zero-order valence-electron chi connectivity index (χ0n) is 13.8. The molecule has 22 heavy (non-hydrogen) atoms. The molecule has 1 aromatic rings. The Morgan fingerprint density at radius 2 is 1.91 bits per heavy atom. The fourth-order valence-electron chi connectivity index (χ4n) is 2.93. The van der Waals surface area contributed by atoms with Crippen molar-refractivity contribution in [3.63, 3.8) is 0 Å². The molecule has 4 nitrogen and oxygen atoms in total. The van der Waals surface area contributed by atoms with E-state index < -0.39 is 0 Å². The van der Waals surface area contributed by atoms with Crippen LogP contribution in [0.25, 0.3) is 0 Å². The second kappa shape index (κ2) is 8.79. The zero-order chi connectivity index (χ0) is 15.8. The normalized spacial score (nSPS) is 21.4. The standard InChI is InChI=1S/C18H28N2O2/c1-15-8-10-17(11-9-15)19-18(21)20(12-13-22-2)14-16-6-4-3-5-7-16/h3-7,15,17H,8-14H2,1-2H3,(H,19,21). The predicted octanol–water partition coefficient (Wildman–Crippen LogP) is 3.42. The Morgan fingerprint density at radius 3 is 2.55 bits per heavy atom. The highest BCUT2D eigenvalue weighted by molar-refractivity contribution is 5.74. The lowest BCUT2D eigenvalue weighted by Gasteiger charge is -2.30. The monoisotopic (exact) mass is 304 g/mol. The number of methoxy groups -OCH3 is 1. The molecule has 1 aliphatic rings. The van der Waals surface area contributed by atoms with E-state index in [1.165, 1.54) is 12.8 Å². The molecule has 1 aliphatic carbocycles. The lowest BCUT2D eigenvalue weighted by atomic mass is 9.87. The highest BCUT2D eigenvalue weighted by atomic mass is 16.5. The van der Waals surface area contributed by atoms with Crippen molar-refractivity contribution in [1.82, 2.24) is 10.2 Å². The van der Waals surface area contributed by atoms with Gasteiger partial charge in [-0.3, -0.25) is 0 Å². The van der Waals surface area contributed by atoms with Gasteiger partial charge < -0.3 is 15.0 Å². The summed E-state index contributed by atoms with van der Waals surface area (Å²) in [5.41, 5.74) is 1.14. The SMILES string of the molecule is COCCN(Cc1ccccc1)C(=O)NC1CCC(C)CC1. The number of benzene rings is 1. The highest BCUT2D eigenvalue weighted by Crippen LogP contribution is 2.23. The van der Waals surface area contributed by atoms with E-state index in [0.717, 1.165) is 24.3 Å². The Kier molecular flexibility index (Phi) is 6.72. The smallest absolute Gasteiger partial charge is 0.317 e. The minimum atomic E-state index is 0.0282. The third-order valence-corrected chi connectivity index (χ3v) is 4.41. The number of ether oxygens (including phenoxy) is 1. The largest absolute Gasteiger partial charge is 0.383 e. The van der Waals surface area contributed by atoms with Crippen LogP contribution in [0.5, 0.6) is 0 Å². The van der Waals surface area contributed by atoms with E-state index in [9.17, 15) is 4.79 Å². The molecule has 0 aromatic heterocycles. The Labute approximate surface area is 133 Å². The molecule has 2 rings (SSSR count). The van der Waals surface area contributed by atoms with Crippen LogP contribution >= 0.6 is 0 Å². The van der Waals surface area contributed by atoms with Gasteiger partial charge in [-0.15, -0.1) is 0 Å². The number of nitrogens with one attached hydrogen (secondary N) is 1. The second-order valence-electron chi connectivity index (χ2n) is 6.31.